The van der Waals surface area contributed by atoms with Gasteiger partial charge in [0.2, 0.25) is 0 Å². The van der Waals surface area contributed by atoms with Crippen LogP contribution >= 0.6 is 0 Å². The average molecular weight is 289 g/mol. The van der Waals surface area contributed by atoms with Crippen LogP contribution in [0.15, 0.2) is 66.7 Å². The summed E-state index contributed by atoms with van der Waals surface area (Å²) in [6, 6.07) is 19.9. The summed E-state index contributed by atoms with van der Waals surface area (Å²) in [4.78, 5) is 2.60. The van der Waals surface area contributed by atoms with Gasteiger partial charge in [0.15, 0.2) is 0 Å². The van der Waals surface area contributed by atoms with Gasteiger partial charge in [0.25, 0.3) is 0 Å². The van der Waals surface area contributed by atoms with E-state index in [2.05, 4.69) is 71.6 Å². The molecule has 1 heteroatoms. The quantitative estimate of drug-likeness (QED) is 0.744. The van der Waals surface area contributed by atoms with Crippen LogP contribution in [0.4, 0.5) is 0 Å². The Morgan fingerprint density at radius 1 is 0.864 bits per heavy atom. The van der Waals surface area contributed by atoms with Gasteiger partial charge in [-0.3, -0.25) is 4.90 Å². The minimum atomic E-state index is 0.294. The SMILES string of the molecule is C1=CC2(CCN(Cc3ccccc3)CC2)c2ccccc2C1. The van der Waals surface area contributed by atoms with Crippen molar-refractivity contribution in [2.45, 2.75) is 31.2 Å². The number of allylic oxidation sites excluding steroid dienone is 2. The number of likely N-dealkylation sites (tertiary alicyclic amines) is 1. The van der Waals surface area contributed by atoms with Crippen molar-refractivity contribution >= 4 is 0 Å². The van der Waals surface area contributed by atoms with Crippen molar-refractivity contribution in [3.63, 3.8) is 0 Å². The van der Waals surface area contributed by atoms with Gasteiger partial charge >= 0.3 is 0 Å². The number of piperidine rings is 1. The Kier molecular flexibility index (Phi) is 3.59. The lowest BCUT2D eigenvalue weighted by Crippen LogP contribution is -2.42. The van der Waals surface area contributed by atoms with Gasteiger partial charge in [-0.25, -0.2) is 0 Å². The summed E-state index contributed by atoms with van der Waals surface area (Å²) in [6.07, 6.45) is 8.47. The van der Waals surface area contributed by atoms with E-state index in [-0.39, 0.29) is 0 Å². The van der Waals surface area contributed by atoms with E-state index in [1.165, 1.54) is 37.1 Å². The van der Waals surface area contributed by atoms with Crippen LogP contribution in [0.25, 0.3) is 0 Å². The fraction of sp³-hybridized carbons (Fsp3) is 0.333. The summed E-state index contributed by atoms with van der Waals surface area (Å²) < 4.78 is 0. The number of hydrogen-bond donors (Lipinski definition) is 0. The summed E-state index contributed by atoms with van der Waals surface area (Å²) >= 11 is 0. The molecule has 0 saturated carbocycles. The van der Waals surface area contributed by atoms with E-state index in [4.69, 9.17) is 0 Å². The van der Waals surface area contributed by atoms with Crippen molar-refractivity contribution in [3.05, 3.63) is 83.4 Å². The normalized spacial score (nSPS) is 20.0. The zero-order chi connectivity index (χ0) is 14.8. The van der Waals surface area contributed by atoms with Crippen molar-refractivity contribution < 1.29 is 0 Å². The first-order chi connectivity index (χ1) is 10.9. The Labute approximate surface area is 133 Å². The Bertz CT molecular complexity index is 663. The van der Waals surface area contributed by atoms with Crippen LogP contribution in [0.5, 0.6) is 0 Å². The molecule has 0 unspecified atom stereocenters. The molecule has 0 atom stereocenters. The fourth-order valence-electron chi connectivity index (χ4n) is 4.07. The fourth-order valence-corrected chi connectivity index (χ4v) is 4.07. The first-order valence-corrected chi connectivity index (χ1v) is 8.38. The van der Waals surface area contributed by atoms with Gasteiger partial charge < -0.3 is 0 Å². The van der Waals surface area contributed by atoms with Crippen LogP contribution in [-0.2, 0) is 18.4 Å². The summed E-state index contributed by atoms with van der Waals surface area (Å²) in [5, 5.41) is 0. The predicted molar refractivity (Wildman–Crippen MR) is 91.9 cm³/mol. The summed E-state index contributed by atoms with van der Waals surface area (Å²) in [5.74, 6) is 0. The highest BCUT2D eigenvalue weighted by Crippen LogP contribution is 2.41. The molecule has 2 aromatic carbocycles. The standard InChI is InChI=1S/C21H23N/c1-2-7-18(8-3-1)17-22-15-13-21(14-16-22)12-6-10-19-9-4-5-11-20(19)21/h1-9,11-12H,10,13-17H2. The minimum absolute atomic E-state index is 0.294. The zero-order valence-electron chi connectivity index (χ0n) is 13.0. The second kappa shape index (κ2) is 5.73. The molecule has 2 aromatic rings. The van der Waals surface area contributed by atoms with E-state index in [9.17, 15) is 0 Å². The Hall–Kier alpha value is -1.86. The van der Waals surface area contributed by atoms with Gasteiger partial charge in [-0.1, -0.05) is 66.7 Å². The third-order valence-electron chi connectivity index (χ3n) is 5.33. The van der Waals surface area contributed by atoms with Gasteiger partial charge in [0.1, 0.15) is 0 Å². The van der Waals surface area contributed by atoms with Crippen LogP contribution < -0.4 is 0 Å². The van der Waals surface area contributed by atoms with Gasteiger partial charge in [0.05, 0.1) is 0 Å². The second-order valence-electron chi connectivity index (χ2n) is 6.68. The van der Waals surface area contributed by atoms with Crippen molar-refractivity contribution in [3.8, 4) is 0 Å². The van der Waals surface area contributed by atoms with Crippen LogP contribution in [0.1, 0.15) is 29.5 Å². The third kappa shape index (κ3) is 2.50. The van der Waals surface area contributed by atoms with Gasteiger partial charge in [0, 0.05) is 12.0 Å². The molecule has 0 N–H and O–H groups in total. The van der Waals surface area contributed by atoms with Gasteiger partial charge in [-0.15, -0.1) is 0 Å². The smallest absolute Gasteiger partial charge is 0.0233 e. The maximum Gasteiger partial charge on any atom is 0.0233 e. The Morgan fingerprint density at radius 3 is 2.41 bits per heavy atom. The maximum atomic E-state index is 2.60. The summed E-state index contributed by atoms with van der Waals surface area (Å²) in [6.45, 7) is 3.46. The molecular formula is C21H23N. The monoisotopic (exact) mass is 289 g/mol. The van der Waals surface area contributed by atoms with Crippen molar-refractivity contribution in [2.24, 2.45) is 0 Å². The molecule has 1 fully saturated rings. The number of rotatable bonds is 2. The van der Waals surface area contributed by atoms with E-state index in [1.54, 1.807) is 5.56 Å². The molecule has 0 aromatic heterocycles. The van der Waals surface area contributed by atoms with Crippen molar-refractivity contribution in [1.29, 1.82) is 0 Å². The minimum Gasteiger partial charge on any atom is -0.299 e. The van der Waals surface area contributed by atoms with Crippen LogP contribution in [-0.4, -0.2) is 18.0 Å². The maximum absolute atomic E-state index is 2.60. The molecular weight excluding hydrogens is 266 g/mol. The van der Waals surface area contributed by atoms with Crippen molar-refractivity contribution in [1.82, 2.24) is 4.90 Å². The lowest BCUT2D eigenvalue weighted by atomic mass is 9.68. The van der Waals surface area contributed by atoms with E-state index < -0.39 is 0 Å². The molecule has 1 heterocycles. The molecule has 1 saturated heterocycles. The molecule has 112 valence electrons. The first-order valence-electron chi connectivity index (χ1n) is 8.38. The Balaban J connectivity index is 1.50. The first kappa shape index (κ1) is 13.8. The molecule has 1 aliphatic carbocycles. The van der Waals surface area contributed by atoms with E-state index in [1.807, 2.05) is 0 Å². The number of nitrogens with zero attached hydrogens (tertiary/aromatic N) is 1. The summed E-state index contributed by atoms with van der Waals surface area (Å²) in [5.41, 5.74) is 4.83. The molecule has 0 amide bonds. The highest BCUT2D eigenvalue weighted by Gasteiger charge is 2.36. The lowest BCUT2D eigenvalue weighted by Gasteiger charge is -2.43. The van der Waals surface area contributed by atoms with Crippen LogP contribution in [0.2, 0.25) is 0 Å². The van der Waals surface area contributed by atoms with Crippen LogP contribution in [0, 0.1) is 0 Å². The number of benzene rings is 2. The van der Waals surface area contributed by atoms with E-state index in [0.29, 0.717) is 5.41 Å². The largest absolute Gasteiger partial charge is 0.299 e. The molecule has 0 radical (unpaired) electrons. The molecule has 1 nitrogen and oxygen atoms in total. The average Bonchev–Trinajstić information content (AvgIpc) is 2.59. The van der Waals surface area contributed by atoms with E-state index in [0.717, 1.165) is 13.0 Å². The predicted octanol–water partition coefficient (Wildman–Crippen LogP) is 4.33. The van der Waals surface area contributed by atoms with Gasteiger partial charge in [-0.05, 0) is 49.0 Å². The third-order valence-corrected chi connectivity index (χ3v) is 5.33. The molecule has 4 rings (SSSR count). The van der Waals surface area contributed by atoms with Crippen molar-refractivity contribution in [2.75, 3.05) is 13.1 Å². The topological polar surface area (TPSA) is 3.24 Å². The molecule has 22 heavy (non-hydrogen) atoms. The summed E-state index contributed by atoms with van der Waals surface area (Å²) in [7, 11) is 0. The number of fused-ring (bicyclic) bond motifs is 2. The second-order valence-corrected chi connectivity index (χ2v) is 6.68. The highest BCUT2D eigenvalue weighted by molar-refractivity contribution is 5.43. The molecule has 0 bridgehead atoms. The Morgan fingerprint density at radius 2 is 1.59 bits per heavy atom. The zero-order valence-corrected chi connectivity index (χ0v) is 13.0. The highest BCUT2D eigenvalue weighted by atomic mass is 15.1. The lowest BCUT2D eigenvalue weighted by molar-refractivity contribution is 0.174. The van der Waals surface area contributed by atoms with E-state index >= 15 is 0 Å². The molecule has 1 aliphatic heterocycles. The van der Waals surface area contributed by atoms with Gasteiger partial charge in [-0.2, -0.15) is 0 Å². The molecule has 2 aliphatic rings. The van der Waals surface area contributed by atoms with Crippen LogP contribution in [0.3, 0.4) is 0 Å². The molecule has 1 spiro atoms. The number of hydrogen-bond acceptors (Lipinski definition) is 1.